The smallest absolute Gasteiger partial charge is 0.0934 e. The summed E-state index contributed by atoms with van der Waals surface area (Å²) in [7, 11) is 1.67. The van der Waals surface area contributed by atoms with E-state index >= 15 is 0 Å². The summed E-state index contributed by atoms with van der Waals surface area (Å²) in [4.78, 5) is 0. The van der Waals surface area contributed by atoms with Crippen LogP contribution in [0.4, 0.5) is 11.4 Å². The Kier molecular flexibility index (Phi) is 2.37. The van der Waals surface area contributed by atoms with Crippen LogP contribution >= 0.6 is 0 Å². The Morgan fingerprint density at radius 2 is 1.80 bits per heavy atom. The second-order valence-corrected chi connectivity index (χ2v) is 3.47. The van der Waals surface area contributed by atoms with Gasteiger partial charge in [-0.25, -0.2) is 0 Å². The lowest BCUT2D eigenvalue weighted by Gasteiger charge is -2.07. The highest BCUT2D eigenvalue weighted by molar-refractivity contribution is 6.01. The van der Waals surface area contributed by atoms with Crippen LogP contribution in [0.25, 0.3) is 10.8 Å². The third kappa shape index (κ3) is 1.56. The summed E-state index contributed by atoms with van der Waals surface area (Å²) in [5.74, 6) is 0. The minimum absolute atomic E-state index is 0.820. The van der Waals surface area contributed by atoms with Gasteiger partial charge in [0, 0.05) is 23.5 Å². The first kappa shape index (κ1) is 9.65. The van der Waals surface area contributed by atoms with E-state index < -0.39 is 0 Å². The normalized spacial score (nSPS) is 11.3. The zero-order chi connectivity index (χ0) is 10.8. The Morgan fingerprint density at radius 3 is 2.47 bits per heavy atom. The van der Waals surface area contributed by atoms with Gasteiger partial charge in [-0.2, -0.15) is 10.2 Å². The van der Waals surface area contributed by atoms with Crippen molar-refractivity contribution >= 4 is 22.1 Å². The Morgan fingerprint density at radius 1 is 1.13 bits per heavy atom. The fourth-order valence-corrected chi connectivity index (χ4v) is 1.70. The van der Waals surface area contributed by atoms with E-state index in [-0.39, 0.29) is 0 Å². The number of nitrogens with two attached hydrogens (primary N) is 1. The molecule has 2 aromatic carbocycles. The molecule has 0 spiro atoms. The monoisotopic (exact) mass is 199 g/mol. The summed E-state index contributed by atoms with van der Waals surface area (Å²) in [5, 5.41) is 10.0. The lowest BCUT2D eigenvalue weighted by atomic mass is 10.0. The van der Waals surface area contributed by atoms with Crippen LogP contribution in [0.2, 0.25) is 0 Å². The second kappa shape index (κ2) is 3.69. The van der Waals surface area contributed by atoms with Crippen LogP contribution in [-0.2, 0) is 0 Å². The largest absolute Gasteiger partial charge is 0.398 e. The number of benzene rings is 2. The van der Waals surface area contributed by atoms with Gasteiger partial charge in [-0.15, -0.1) is 0 Å². The molecule has 0 aromatic heterocycles. The molecule has 0 saturated carbocycles. The molecule has 2 rings (SSSR count). The van der Waals surface area contributed by atoms with Crippen LogP contribution in [-0.4, -0.2) is 7.05 Å². The van der Waals surface area contributed by atoms with Gasteiger partial charge in [-0.05, 0) is 18.6 Å². The second-order valence-electron chi connectivity index (χ2n) is 3.47. The summed E-state index contributed by atoms with van der Waals surface area (Å²) in [6, 6.07) is 9.93. The molecule has 2 aromatic rings. The summed E-state index contributed by atoms with van der Waals surface area (Å²) in [6.07, 6.45) is 0. The van der Waals surface area contributed by atoms with Gasteiger partial charge in [0.2, 0.25) is 0 Å². The van der Waals surface area contributed by atoms with Crippen molar-refractivity contribution in [1.82, 2.24) is 0 Å². The van der Waals surface area contributed by atoms with Crippen molar-refractivity contribution in [2.24, 2.45) is 10.2 Å². The van der Waals surface area contributed by atoms with Gasteiger partial charge < -0.3 is 5.73 Å². The third-order valence-electron chi connectivity index (χ3n) is 2.48. The lowest BCUT2D eigenvalue weighted by Crippen LogP contribution is -1.91. The first-order valence-electron chi connectivity index (χ1n) is 4.81. The van der Waals surface area contributed by atoms with Gasteiger partial charge in [0.25, 0.3) is 0 Å². The van der Waals surface area contributed by atoms with Crippen molar-refractivity contribution in [2.45, 2.75) is 6.92 Å². The zero-order valence-corrected chi connectivity index (χ0v) is 8.86. The van der Waals surface area contributed by atoms with Gasteiger partial charge in [0.15, 0.2) is 0 Å². The van der Waals surface area contributed by atoms with Crippen molar-refractivity contribution in [2.75, 3.05) is 12.8 Å². The fraction of sp³-hybridized carbons (Fsp3) is 0.167. The predicted molar refractivity (Wildman–Crippen MR) is 63.5 cm³/mol. The number of rotatable bonds is 1. The molecule has 0 heterocycles. The summed E-state index contributed by atoms with van der Waals surface area (Å²) in [5.41, 5.74) is 8.74. The fourth-order valence-electron chi connectivity index (χ4n) is 1.70. The molecule has 15 heavy (non-hydrogen) atoms. The van der Waals surface area contributed by atoms with Gasteiger partial charge >= 0.3 is 0 Å². The molecule has 0 aliphatic heterocycles. The van der Waals surface area contributed by atoms with E-state index in [2.05, 4.69) is 10.2 Å². The maximum absolute atomic E-state index is 6.01. The zero-order valence-electron chi connectivity index (χ0n) is 8.86. The molecule has 0 aliphatic rings. The minimum Gasteiger partial charge on any atom is -0.398 e. The van der Waals surface area contributed by atoms with Gasteiger partial charge in [-0.1, -0.05) is 24.3 Å². The summed E-state index contributed by atoms with van der Waals surface area (Å²) in [6.45, 7) is 1.98. The van der Waals surface area contributed by atoms with Crippen molar-refractivity contribution in [1.29, 1.82) is 0 Å². The molecule has 0 fully saturated rings. The Bertz CT molecular complexity index is 530. The number of azo groups is 1. The van der Waals surface area contributed by atoms with Crippen LogP contribution in [0.15, 0.2) is 40.6 Å². The van der Waals surface area contributed by atoms with Gasteiger partial charge in [0.1, 0.15) is 0 Å². The van der Waals surface area contributed by atoms with Crippen LogP contribution < -0.4 is 5.73 Å². The average molecular weight is 199 g/mol. The van der Waals surface area contributed by atoms with E-state index in [1.54, 1.807) is 7.05 Å². The highest BCUT2D eigenvalue weighted by atomic mass is 15.1. The van der Waals surface area contributed by atoms with Crippen molar-refractivity contribution in [3.63, 3.8) is 0 Å². The van der Waals surface area contributed by atoms with Crippen molar-refractivity contribution in [3.05, 3.63) is 35.9 Å². The van der Waals surface area contributed by atoms with E-state index in [0.717, 1.165) is 27.7 Å². The van der Waals surface area contributed by atoms with Gasteiger partial charge in [0.05, 0.1) is 5.69 Å². The SMILES string of the molecule is CN=Nc1cc(C)c(N)c2ccccc12. The number of fused-ring (bicyclic) bond motifs is 1. The maximum Gasteiger partial charge on any atom is 0.0934 e. The maximum atomic E-state index is 6.01. The quantitative estimate of drug-likeness (QED) is 0.555. The van der Waals surface area contributed by atoms with E-state index in [9.17, 15) is 0 Å². The number of hydrogen-bond donors (Lipinski definition) is 1. The standard InChI is InChI=1S/C12H13N3/c1-8-7-11(15-14-2)9-5-3-4-6-10(9)12(8)13/h3-7H,13H2,1-2H3. The Labute approximate surface area is 88.6 Å². The molecule has 0 aliphatic carbocycles. The first-order chi connectivity index (χ1) is 7.24. The number of nitrogens with zero attached hydrogens (tertiary/aromatic N) is 2. The van der Waals surface area contributed by atoms with Crippen LogP contribution in [0.1, 0.15) is 5.56 Å². The van der Waals surface area contributed by atoms with E-state index in [1.165, 1.54) is 0 Å². The van der Waals surface area contributed by atoms with Gasteiger partial charge in [-0.3, -0.25) is 0 Å². The predicted octanol–water partition coefficient (Wildman–Crippen LogP) is 3.44. The molecular formula is C12H13N3. The molecule has 0 saturated heterocycles. The molecule has 0 amide bonds. The van der Waals surface area contributed by atoms with E-state index in [0.29, 0.717) is 0 Å². The molecule has 0 radical (unpaired) electrons. The Balaban J connectivity index is 2.88. The van der Waals surface area contributed by atoms with Crippen LogP contribution in [0.3, 0.4) is 0 Å². The molecule has 2 N–H and O–H groups in total. The average Bonchev–Trinajstić information content (AvgIpc) is 2.26. The van der Waals surface area contributed by atoms with Crippen LogP contribution in [0, 0.1) is 6.92 Å². The van der Waals surface area contributed by atoms with E-state index in [1.807, 2.05) is 37.3 Å². The topological polar surface area (TPSA) is 50.7 Å². The number of hydrogen-bond acceptors (Lipinski definition) is 3. The lowest BCUT2D eigenvalue weighted by molar-refractivity contribution is 1.17. The van der Waals surface area contributed by atoms with E-state index in [4.69, 9.17) is 5.73 Å². The minimum atomic E-state index is 0.820. The van der Waals surface area contributed by atoms with Crippen molar-refractivity contribution < 1.29 is 0 Å². The molecular weight excluding hydrogens is 186 g/mol. The highest BCUT2D eigenvalue weighted by Gasteiger charge is 2.05. The molecule has 0 bridgehead atoms. The first-order valence-corrected chi connectivity index (χ1v) is 4.81. The van der Waals surface area contributed by atoms with Crippen LogP contribution in [0.5, 0.6) is 0 Å². The molecule has 0 unspecified atom stereocenters. The number of anilines is 1. The molecule has 76 valence electrons. The van der Waals surface area contributed by atoms with Crippen molar-refractivity contribution in [3.8, 4) is 0 Å². The number of nitrogen functional groups attached to an aromatic ring is 1. The summed E-state index contributed by atoms with van der Waals surface area (Å²) < 4.78 is 0. The molecule has 3 heteroatoms. The number of aryl methyl sites for hydroxylation is 1. The molecule has 0 atom stereocenters. The summed E-state index contributed by atoms with van der Waals surface area (Å²) >= 11 is 0. The Hall–Kier alpha value is -1.90. The third-order valence-corrected chi connectivity index (χ3v) is 2.48. The molecule has 3 nitrogen and oxygen atoms in total. The highest BCUT2D eigenvalue weighted by Crippen LogP contribution is 2.33.